The molecule has 8 heteroatoms. The van der Waals surface area contributed by atoms with Crippen molar-refractivity contribution in [3.8, 4) is 16.6 Å². The van der Waals surface area contributed by atoms with Gasteiger partial charge in [-0.05, 0) is 35.4 Å². The molecule has 1 amide bonds. The van der Waals surface area contributed by atoms with Crippen molar-refractivity contribution < 1.29 is 14.3 Å². The highest BCUT2D eigenvalue weighted by Crippen LogP contribution is 2.41. The number of aromatic nitrogens is 3. The van der Waals surface area contributed by atoms with E-state index >= 15 is 0 Å². The lowest BCUT2D eigenvalue weighted by molar-refractivity contribution is -0.116. The van der Waals surface area contributed by atoms with Crippen LogP contribution >= 0.6 is 11.3 Å². The van der Waals surface area contributed by atoms with Crippen molar-refractivity contribution in [1.29, 1.82) is 0 Å². The summed E-state index contributed by atoms with van der Waals surface area (Å²) in [7, 11) is 1.62. The Morgan fingerprint density at radius 3 is 2.71 bits per heavy atom. The van der Waals surface area contributed by atoms with Gasteiger partial charge in [-0.15, -0.1) is 0 Å². The molecule has 1 atom stereocenters. The van der Waals surface area contributed by atoms with Crippen LogP contribution in [0.4, 0.5) is 5.82 Å². The maximum atomic E-state index is 12.7. The van der Waals surface area contributed by atoms with E-state index in [2.05, 4.69) is 10.4 Å². The molecule has 3 aromatic carbocycles. The summed E-state index contributed by atoms with van der Waals surface area (Å²) in [4.78, 5) is 17.4. The minimum atomic E-state index is -0.154. The summed E-state index contributed by atoms with van der Waals surface area (Å²) in [5.41, 5.74) is 3.90. The first kappa shape index (κ1) is 21.4. The van der Waals surface area contributed by atoms with E-state index in [1.165, 1.54) is 11.3 Å². The molecule has 1 N–H and O–H groups in total. The summed E-state index contributed by atoms with van der Waals surface area (Å²) < 4.78 is 14.4. The number of benzene rings is 3. The van der Waals surface area contributed by atoms with Crippen LogP contribution in [-0.2, 0) is 11.4 Å². The Morgan fingerprint density at radius 2 is 1.89 bits per heavy atom. The van der Waals surface area contributed by atoms with E-state index in [0.29, 0.717) is 30.3 Å². The molecule has 35 heavy (non-hydrogen) atoms. The molecule has 1 aliphatic rings. The number of carbonyl (C=O) groups is 1. The summed E-state index contributed by atoms with van der Waals surface area (Å²) >= 11 is 1.54. The lowest BCUT2D eigenvalue weighted by atomic mass is 9.87. The number of nitrogens with one attached hydrogen (secondary N) is 1. The highest BCUT2D eigenvalue weighted by Gasteiger charge is 2.31. The molecule has 0 saturated carbocycles. The maximum Gasteiger partial charge on any atom is 0.226 e. The van der Waals surface area contributed by atoms with Crippen molar-refractivity contribution in [1.82, 2.24) is 14.8 Å². The van der Waals surface area contributed by atoms with Crippen LogP contribution in [0, 0.1) is 0 Å². The predicted octanol–water partition coefficient (Wildman–Crippen LogP) is 5.54. The number of methoxy groups -OCH3 is 1. The van der Waals surface area contributed by atoms with Gasteiger partial charge >= 0.3 is 0 Å². The number of nitrogens with zero attached hydrogens (tertiary/aromatic N) is 3. The highest BCUT2D eigenvalue weighted by atomic mass is 32.1. The lowest BCUT2D eigenvalue weighted by Crippen LogP contribution is -2.24. The summed E-state index contributed by atoms with van der Waals surface area (Å²) in [5, 5.41) is 8.31. The first-order chi connectivity index (χ1) is 17.2. The van der Waals surface area contributed by atoms with Crippen LogP contribution in [0.3, 0.4) is 0 Å². The zero-order valence-corrected chi connectivity index (χ0v) is 19.8. The van der Waals surface area contributed by atoms with E-state index in [1.807, 2.05) is 79.0 Å². The second kappa shape index (κ2) is 8.88. The van der Waals surface area contributed by atoms with Gasteiger partial charge in [0.2, 0.25) is 11.0 Å². The van der Waals surface area contributed by atoms with Crippen molar-refractivity contribution in [3.63, 3.8) is 0 Å². The Hall–Kier alpha value is -4.17. The summed E-state index contributed by atoms with van der Waals surface area (Å²) in [6, 6.07) is 23.8. The summed E-state index contributed by atoms with van der Waals surface area (Å²) in [6.07, 6.45) is 2.14. The number of fused-ring (bicyclic) bond motifs is 2. The Kier molecular flexibility index (Phi) is 5.42. The molecule has 2 aromatic heterocycles. The summed E-state index contributed by atoms with van der Waals surface area (Å²) in [6.45, 7) is 0.446. The van der Waals surface area contributed by atoms with E-state index in [1.54, 1.807) is 11.8 Å². The van der Waals surface area contributed by atoms with E-state index in [0.717, 1.165) is 32.0 Å². The SMILES string of the molecule is COc1cc(C2CC(=O)Nc3c2cnn3-c2nc3ccccc3s2)ccc1OCc1ccccc1. The average molecular weight is 483 g/mol. The molecule has 3 heterocycles. The van der Waals surface area contributed by atoms with Gasteiger partial charge in [-0.1, -0.05) is 59.9 Å². The molecule has 6 rings (SSSR count). The van der Waals surface area contributed by atoms with Crippen LogP contribution in [0.5, 0.6) is 11.5 Å². The number of anilines is 1. The molecular formula is C27H22N4O3S. The molecule has 0 aliphatic carbocycles. The van der Waals surface area contributed by atoms with Crippen LogP contribution in [0.1, 0.15) is 29.0 Å². The normalized spacial score (nSPS) is 15.0. The number of carbonyl (C=O) groups excluding carboxylic acids is 1. The third-order valence-electron chi connectivity index (χ3n) is 6.11. The molecule has 174 valence electrons. The van der Waals surface area contributed by atoms with Gasteiger partial charge in [-0.25, -0.2) is 4.98 Å². The molecule has 0 bridgehead atoms. The fourth-order valence-corrected chi connectivity index (χ4v) is 5.30. The third-order valence-corrected chi connectivity index (χ3v) is 7.12. The number of amides is 1. The average Bonchev–Trinajstić information content (AvgIpc) is 3.51. The van der Waals surface area contributed by atoms with Crippen molar-refractivity contribution in [2.45, 2.75) is 18.9 Å². The maximum absolute atomic E-state index is 12.7. The second-order valence-corrected chi connectivity index (χ2v) is 9.32. The van der Waals surface area contributed by atoms with Crippen LogP contribution < -0.4 is 14.8 Å². The molecule has 1 aliphatic heterocycles. The van der Waals surface area contributed by atoms with Gasteiger partial charge in [0.05, 0.1) is 23.5 Å². The fraction of sp³-hybridized carbons (Fsp3) is 0.148. The van der Waals surface area contributed by atoms with E-state index in [-0.39, 0.29) is 11.8 Å². The molecule has 0 fully saturated rings. The minimum absolute atomic E-state index is 0.0614. The van der Waals surface area contributed by atoms with Crippen molar-refractivity contribution in [2.75, 3.05) is 12.4 Å². The number of hydrogen-bond acceptors (Lipinski definition) is 6. The molecule has 1 unspecified atom stereocenters. The van der Waals surface area contributed by atoms with Gasteiger partial charge in [-0.3, -0.25) is 4.79 Å². The number of para-hydroxylation sites is 1. The smallest absolute Gasteiger partial charge is 0.226 e. The highest BCUT2D eigenvalue weighted by molar-refractivity contribution is 7.20. The zero-order chi connectivity index (χ0) is 23.8. The van der Waals surface area contributed by atoms with Crippen molar-refractivity contribution >= 4 is 33.3 Å². The number of hydrogen-bond donors (Lipinski definition) is 1. The standard InChI is InChI=1S/C27H22N4O3S/c1-33-23-13-18(11-12-22(23)34-16-17-7-3-2-4-8-17)19-14-25(32)30-26-20(19)15-28-31(26)27-29-21-9-5-6-10-24(21)35-27/h2-13,15,19H,14,16H2,1H3,(H,30,32). The van der Waals surface area contributed by atoms with Crippen LogP contribution in [0.2, 0.25) is 0 Å². The number of ether oxygens (including phenoxy) is 2. The van der Waals surface area contributed by atoms with Crippen molar-refractivity contribution in [3.05, 3.63) is 95.7 Å². The van der Waals surface area contributed by atoms with E-state index < -0.39 is 0 Å². The molecular weight excluding hydrogens is 460 g/mol. The summed E-state index contributed by atoms with van der Waals surface area (Å²) in [5.74, 6) is 1.73. The van der Waals surface area contributed by atoms with Crippen molar-refractivity contribution in [2.24, 2.45) is 0 Å². The van der Waals surface area contributed by atoms with E-state index in [9.17, 15) is 4.79 Å². The van der Waals surface area contributed by atoms with Gasteiger partial charge in [0, 0.05) is 17.9 Å². The molecule has 0 radical (unpaired) electrons. The van der Waals surface area contributed by atoms with Crippen LogP contribution in [0.15, 0.2) is 79.0 Å². The quantitative estimate of drug-likeness (QED) is 0.344. The Bertz CT molecular complexity index is 1490. The van der Waals surface area contributed by atoms with Gasteiger partial charge < -0.3 is 14.8 Å². The Morgan fingerprint density at radius 1 is 1.06 bits per heavy atom. The minimum Gasteiger partial charge on any atom is -0.493 e. The first-order valence-corrected chi connectivity index (χ1v) is 12.1. The topological polar surface area (TPSA) is 78.3 Å². The molecule has 0 spiro atoms. The number of thiazole rings is 1. The monoisotopic (exact) mass is 482 g/mol. The molecule has 5 aromatic rings. The Balaban J connectivity index is 1.32. The van der Waals surface area contributed by atoms with E-state index in [4.69, 9.17) is 14.5 Å². The molecule has 7 nitrogen and oxygen atoms in total. The molecule has 0 saturated heterocycles. The van der Waals surface area contributed by atoms with Gasteiger partial charge in [-0.2, -0.15) is 9.78 Å². The second-order valence-electron chi connectivity index (χ2n) is 8.31. The van der Waals surface area contributed by atoms with Gasteiger partial charge in [0.25, 0.3) is 0 Å². The fourth-order valence-electron chi connectivity index (χ4n) is 4.37. The lowest BCUT2D eigenvalue weighted by Gasteiger charge is -2.24. The predicted molar refractivity (Wildman–Crippen MR) is 136 cm³/mol. The number of rotatable bonds is 6. The Labute approximate surface area is 206 Å². The van der Waals surface area contributed by atoms with Gasteiger partial charge in [0.15, 0.2) is 11.5 Å². The third kappa shape index (κ3) is 4.02. The largest absolute Gasteiger partial charge is 0.493 e. The van der Waals surface area contributed by atoms with Crippen LogP contribution in [-0.4, -0.2) is 27.8 Å². The van der Waals surface area contributed by atoms with Gasteiger partial charge in [0.1, 0.15) is 12.4 Å². The first-order valence-electron chi connectivity index (χ1n) is 11.3. The zero-order valence-electron chi connectivity index (χ0n) is 19.0. The van der Waals surface area contributed by atoms with Crippen LogP contribution in [0.25, 0.3) is 15.3 Å².